The van der Waals surface area contributed by atoms with Crippen molar-refractivity contribution in [2.75, 3.05) is 13.2 Å². The fourth-order valence-electron chi connectivity index (χ4n) is 4.70. The third-order valence-electron chi connectivity index (χ3n) is 6.72. The normalized spacial score (nSPS) is 19.4. The van der Waals surface area contributed by atoms with Crippen LogP contribution in [-0.2, 0) is 14.9 Å². The van der Waals surface area contributed by atoms with E-state index in [0.717, 1.165) is 35.5 Å². The van der Waals surface area contributed by atoms with Crippen LogP contribution in [0.4, 0.5) is 0 Å². The van der Waals surface area contributed by atoms with Gasteiger partial charge in [-0.05, 0) is 44.9 Å². The number of nitrogens with zero attached hydrogens (tertiary/aromatic N) is 3. The van der Waals surface area contributed by atoms with E-state index in [2.05, 4.69) is 74.5 Å². The molecule has 5 heteroatoms. The van der Waals surface area contributed by atoms with Crippen molar-refractivity contribution in [1.29, 1.82) is 5.26 Å². The summed E-state index contributed by atoms with van der Waals surface area (Å²) < 4.78 is 13.8. The number of aromatic nitrogens is 2. The van der Waals surface area contributed by atoms with Crippen LogP contribution >= 0.6 is 0 Å². The van der Waals surface area contributed by atoms with Crippen LogP contribution in [0.5, 0.6) is 0 Å². The summed E-state index contributed by atoms with van der Waals surface area (Å²) in [6.07, 6.45) is 2.80. The monoisotopic (exact) mass is 413 g/mol. The summed E-state index contributed by atoms with van der Waals surface area (Å²) in [4.78, 5) is 0. The van der Waals surface area contributed by atoms with Gasteiger partial charge in [0.1, 0.15) is 5.41 Å². The van der Waals surface area contributed by atoms with Crippen LogP contribution in [0.1, 0.15) is 42.5 Å². The third kappa shape index (κ3) is 3.56. The molecule has 2 aliphatic rings. The first-order valence-electron chi connectivity index (χ1n) is 11.0. The van der Waals surface area contributed by atoms with Crippen LogP contribution in [0.25, 0.3) is 16.9 Å². The van der Waals surface area contributed by atoms with Crippen LogP contribution < -0.4 is 0 Å². The standard InChI is InChI=1S/C26H27N3O2/c1-19-3-7-21(8-4-19)23-17-24(28-29(23)22-9-5-20(2)6-10-22)25(18-27)11-13-26(14-12-25)30-15-16-31-26/h3-10,17H,11-16H2,1-2H3. The molecule has 1 saturated heterocycles. The lowest BCUT2D eigenvalue weighted by Crippen LogP contribution is -2.41. The minimum atomic E-state index is -0.629. The van der Waals surface area contributed by atoms with Gasteiger partial charge >= 0.3 is 0 Å². The van der Waals surface area contributed by atoms with Gasteiger partial charge in [-0.15, -0.1) is 0 Å². The van der Waals surface area contributed by atoms with Crippen molar-refractivity contribution in [3.8, 4) is 23.0 Å². The molecule has 2 aromatic carbocycles. The van der Waals surface area contributed by atoms with Crippen molar-refractivity contribution in [3.63, 3.8) is 0 Å². The van der Waals surface area contributed by atoms with Crippen LogP contribution in [0.3, 0.4) is 0 Å². The molecule has 2 heterocycles. The number of aryl methyl sites for hydroxylation is 2. The number of rotatable bonds is 3. The summed E-state index contributed by atoms with van der Waals surface area (Å²) >= 11 is 0. The molecule has 158 valence electrons. The SMILES string of the molecule is Cc1ccc(-c2cc(C3(C#N)CCC4(CC3)OCCO4)nn2-c2ccc(C)cc2)cc1. The van der Waals surface area contributed by atoms with E-state index in [1.807, 2.05) is 4.68 Å². The fourth-order valence-corrected chi connectivity index (χ4v) is 4.70. The molecule has 1 aromatic heterocycles. The van der Waals surface area contributed by atoms with Crippen LogP contribution in [0.2, 0.25) is 0 Å². The molecule has 0 N–H and O–H groups in total. The molecule has 0 bridgehead atoms. The highest BCUT2D eigenvalue weighted by Crippen LogP contribution is 2.46. The first-order chi connectivity index (χ1) is 15.0. The topological polar surface area (TPSA) is 60.1 Å². The van der Waals surface area contributed by atoms with Crippen molar-refractivity contribution in [2.24, 2.45) is 0 Å². The summed E-state index contributed by atoms with van der Waals surface area (Å²) in [5, 5.41) is 15.3. The average Bonchev–Trinajstić information content (AvgIpc) is 3.44. The zero-order valence-corrected chi connectivity index (χ0v) is 18.1. The highest BCUT2D eigenvalue weighted by molar-refractivity contribution is 5.64. The molecule has 1 aliphatic carbocycles. The number of hydrogen-bond acceptors (Lipinski definition) is 4. The Balaban J connectivity index is 1.57. The Labute approximate surface area is 183 Å². The first kappa shape index (κ1) is 20.0. The average molecular weight is 414 g/mol. The summed E-state index contributed by atoms with van der Waals surface area (Å²) in [6, 6.07) is 21.5. The van der Waals surface area contributed by atoms with E-state index >= 15 is 0 Å². The zero-order chi connectivity index (χ0) is 21.5. The number of hydrogen-bond donors (Lipinski definition) is 0. The number of benzene rings is 2. The lowest BCUT2D eigenvalue weighted by Gasteiger charge is -2.38. The zero-order valence-electron chi connectivity index (χ0n) is 18.1. The van der Waals surface area contributed by atoms with Gasteiger partial charge in [-0.2, -0.15) is 10.4 Å². The molecule has 0 radical (unpaired) electrons. The lowest BCUT2D eigenvalue weighted by atomic mass is 9.71. The van der Waals surface area contributed by atoms with E-state index in [0.29, 0.717) is 26.1 Å². The molecular weight excluding hydrogens is 386 g/mol. The van der Waals surface area contributed by atoms with E-state index in [-0.39, 0.29) is 0 Å². The van der Waals surface area contributed by atoms with Gasteiger partial charge < -0.3 is 9.47 Å². The van der Waals surface area contributed by atoms with E-state index < -0.39 is 11.2 Å². The van der Waals surface area contributed by atoms with E-state index in [1.54, 1.807) is 0 Å². The molecule has 1 spiro atoms. The maximum atomic E-state index is 10.3. The van der Waals surface area contributed by atoms with Gasteiger partial charge in [0, 0.05) is 18.4 Å². The summed E-state index contributed by atoms with van der Waals surface area (Å²) in [6.45, 7) is 5.44. The number of nitriles is 1. The second-order valence-electron chi connectivity index (χ2n) is 8.83. The van der Waals surface area contributed by atoms with Crippen molar-refractivity contribution in [2.45, 2.75) is 50.7 Å². The Morgan fingerprint density at radius 1 is 0.871 bits per heavy atom. The molecule has 0 atom stereocenters. The molecule has 5 nitrogen and oxygen atoms in total. The Hall–Kier alpha value is -2.94. The largest absolute Gasteiger partial charge is 0.348 e. The predicted octanol–water partition coefficient (Wildman–Crippen LogP) is 5.23. The summed E-state index contributed by atoms with van der Waals surface area (Å²) in [7, 11) is 0. The highest BCUT2D eigenvalue weighted by Gasteiger charge is 2.48. The molecule has 3 aromatic rings. The van der Waals surface area contributed by atoms with Crippen LogP contribution in [0, 0.1) is 25.2 Å². The van der Waals surface area contributed by atoms with Gasteiger partial charge in [0.25, 0.3) is 0 Å². The van der Waals surface area contributed by atoms with Gasteiger partial charge in [-0.1, -0.05) is 47.5 Å². The molecular formula is C26H27N3O2. The van der Waals surface area contributed by atoms with Gasteiger partial charge in [0.2, 0.25) is 0 Å². The molecule has 0 unspecified atom stereocenters. The Bertz CT molecular complexity index is 1040. The third-order valence-corrected chi connectivity index (χ3v) is 6.72. The highest BCUT2D eigenvalue weighted by atomic mass is 16.7. The van der Waals surface area contributed by atoms with Gasteiger partial charge in [0.15, 0.2) is 5.79 Å². The molecule has 1 aliphatic heterocycles. The van der Waals surface area contributed by atoms with Crippen molar-refractivity contribution >= 4 is 0 Å². The number of ether oxygens (including phenoxy) is 2. The molecule has 2 fully saturated rings. The Morgan fingerprint density at radius 3 is 2.03 bits per heavy atom. The van der Waals surface area contributed by atoms with Gasteiger partial charge in [0.05, 0.1) is 36.4 Å². The smallest absolute Gasteiger partial charge is 0.168 e. The molecule has 1 saturated carbocycles. The maximum Gasteiger partial charge on any atom is 0.168 e. The second kappa shape index (κ2) is 7.64. The molecule has 0 amide bonds. The molecule has 31 heavy (non-hydrogen) atoms. The minimum absolute atomic E-state index is 0.500. The van der Waals surface area contributed by atoms with Gasteiger partial charge in [-0.25, -0.2) is 4.68 Å². The Morgan fingerprint density at radius 2 is 1.45 bits per heavy atom. The first-order valence-corrected chi connectivity index (χ1v) is 11.0. The van der Waals surface area contributed by atoms with Crippen molar-refractivity contribution in [1.82, 2.24) is 9.78 Å². The summed E-state index contributed by atoms with van der Waals surface area (Å²) in [5.41, 5.74) is 5.71. The fraction of sp³-hybridized carbons (Fsp3) is 0.385. The maximum absolute atomic E-state index is 10.3. The lowest BCUT2D eigenvalue weighted by molar-refractivity contribution is -0.182. The van der Waals surface area contributed by atoms with E-state index in [1.165, 1.54) is 11.1 Å². The van der Waals surface area contributed by atoms with Crippen molar-refractivity contribution < 1.29 is 9.47 Å². The second-order valence-corrected chi connectivity index (χ2v) is 8.83. The van der Waals surface area contributed by atoms with E-state index in [4.69, 9.17) is 14.6 Å². The summed E-state index contributed by atoms with van der Waals surface area (Å²) in [5.74, 6) is -0.500. The predicted molar refractivity (Wildman–Crippen MR) is 119 cm³/mol. The minimum Gasteiger partial charge on any atom is -0.348 e. The Kier molecular flexibility index (Phi) is 4.92. The van der Waals surface area contributed by atoms with Crippen LogP contribution in [-0.4, -0.2) is 28.8 Å². The quantitative estimate of drug-likeness (QED) is 0.590. The van der Waals surface area contributed by atoms with E-state index in [9.17, 15) is 5.26 Å². The molecule has 5 rings (SSSR count). The van der Waals surface area contributed by atoms with Crippen LogP contribution in [0.15, 0.2) is 54.6 Å². The van der Waals surface area contributed by atoms with Gasteiger partial charge in [-0.3, -0.25) is 0 Å². The van der Waals surface area contributed by atoms with Crippen molar-refractivity contribution in [3.05, 3.63) is 71.4 Å².